The quantitative estimate of drug-likeness (QED) is 0.790. The summed E-state index contributed by atoms with van der Waals surface area (Å²) in [5.74, 6) is -0.230. The van der Waals surface area contributed by atoms with E-state index in [9.17, 15) is 4.79 Å². The van der Waals surface area contributed by atoms with E-state index in [1.165, 1.54) is 7.11 Å². The lowest BCUT2D eigenvalue weighted by Gasteiger charge is -2.14. The van der Waals surface area contributed by atoms with Crippen LogP contribution < -0.4 is 5.32 Å². The van der Waals surface area contributed by atoms with Gasteiger partial charge < -0.3 is 10.1 Å². The van der Waals surface area contributed by atoms with Crippen molar-refractivity contribution in [3.8, 4) is 6.07 Å². The number of carbonyl (C=O) groups is 1. The van der Waals surface area contributed by atoms with E-state index in [0.717, 1.165) is 11.3 Å². The van der Waals surface area contributed by atoms with Crippen molar-refractivity contribution in [1.82, 2.24) is 0 Å². The van der Waals surface area contributed by atoms with Crippen LogP contribution >= 0.6 is 0 Å². The zero-order valence-electron chi connectivity index (χ0n) is 10.1. The van der Waals surface area contributed by atoms with Gasteiger partial charge in [-0.3, -0.25) is 4.79 Å². The highest BCUT2D eigenvalue weighted by Gasteiger charge is 2.08. The van der Waals surface area contributed by atoms with Crippen LogP contribution in [0.25, 0.3) is 0 Å². The van der Waals surface area contributed by atoms with Crippen LogP contribution in [0, 0.1) is 11.3 Å². The molecule has 1 rings (SSSR count). The molecule has 0 amide bonds. The number of methoxy groups -OCH3 is 1. The molecule has 4 nitrogen and oxygen atoms in total. The number of esters is 1. The maximum Gasteiger partial charge on any atom is 0.307 e. The van der Waals surface area contributed by atoms with Crippen LogP contribution in [0.3, 0.4) is 0 Å². The number of hydrogen-bond donors (Lipinski definition) is 1. The van der Waals surface area contributed by atoms with E-state index in [-0.39, 0.29) is 12.0 Å². The summed E-state index contributed by atoms with van der Waals surface area (Å²) in [7, 11) is 1.38. The standard InChI is InChI=1S/C13H16N2O2/c1-10(9-13(16)17-2)15-12-5-3-11(4-6-12)7-8-14/h3-6,10,15H,7,9H2,1-2H3. The molecule has 0 radical (unpaired) electrons. The van der Waals surface area contributed by atoms with Crippen molar-refractivity contribution in [2.75, 3.05) is 12.4 Å². The number of hydrogen-bond acceptors (Lipinski definition) is 4. The van der Waals surface area contributed by atoms with Gasteiger partial charge in [0.05, 0.1) is 26.0 Å². The molecule has 0 bridgehead atoms. The number of ether oxygens (including phenoxy) is 1. The molecule has 0 spiro atoms. The molecule has 0 aromatic heterocycles. The number of rotatable bonds is 5. The van der Waals surface area contributed by atoms with Gasteiger partial charge in [-0.05, 0) is 24.6 Å². The first-order valence-electron chi connectivity index (χ1n) is 5.45. The molecule has 1 unspecified atom stereocenters. The Morgan fingerprint density at radius 1 is 1.47 bits per heavy atom. The van der Waals surface area contributed by atoms with Gasteiger partial charge in [0.2, 0.25) is 0 Å². The molecule has 0 fully saturated rings. The summed E-state index contributed by atoms with van der Waals surface area (Å²) in [5, 5.41) is 11.7. The van der Waals surface area contributed by atoms with Crippen LogP contribution in [-0.2, 0) is 16.0 Å². The van der Waals surface area contributed by atoms with Crippen LogP contribution in [0.4, 0.5) is 5.69 Å². The first kappa shape index (κ1) is 13.0. The smallest absolute Gasteiger partial charge is 0.307 e. The maximum absolute atomic E-state index is 11.1. The van der Waals surface area contributed by atoms with Crippen LogP contribution in [0.1, 0.15) is 18.9 Å². The van der Waals surface area contributed by atoms with Gasteiger partial charge >= 0.3 is 5.97 Å². The molecule has 0 aliphatic carbocycles. The Kier molecular flexibility index (Phi) is 5.02. The van der Waals surface area contributed by atoms with Gasteiger partial charge in [-0.15, -0.1) is 0 Å². The Labute approximate surface area is 101 Å². The van der Waals surface area contributed by atoms with Gasteiger partial charge in [-0.1, -0.05) is 12.1 Å². The fraction of sp³-hybridized carbons (Fsp3) is 0.385. The van der Waals surface area contributed by atoms with Crippen LogP contribution in [0.2, 0.25) is 0 Å². The summed E-state index contributed by atoms with van der Waals surface area (Å²) < 4.78 is 4.59. The number of nitrogens with zero attached hydrogens (tertiary/aromatic N) is 1. The summed E-state index contributed by atoms with van der Waals surface area (Å²) >= 11 is 0. The highest BCUT2D eigenvalue weighted by Crippen LogP contribution is 2.12. The molecule has 0 aliphatic heterocycles. The van der Waals surface area contributed by atoms with Crippen molar-refractivity contribution in [1.29, 1.82) is 5.26 Å². The molecule has 1 aromatic rings. The van der Waals surface area contributed by atoms with Gasteiger partial charge in [0, 0.05) is 11.7 Å². The third-order valence-electron chi connectivity index (χ3n) is 2.35. The summed E-state index contributed by atoms with van der Waals surface area (Å²) in [5.41, 5.74) is 1.92. The van der Waals surface area contributed by atoms with Gasteiger partial charge in [-0.25, -0.2) is 0 Å². The SMILES string of the molecule is COC(=O)CC(C)Nc1ccc(CC#N)cc1. The van der Waals surface area contributed by atoms with Crippen molar-refractivity contribution >= 4 is 11.7 Å². The van der Waals surface area contributed by atoms with E-state index in [1.54, 1.807) is 0 Å². The molecule has 17 heavy (non-hydrogen) atoms. The lowest BCUT2D eigenvalue weighted by molar-refractivity contribution is -0.140. The summed E-state index contributed by atoms with van der Waals surface area (Å²) in [6.07, 6.45) is 0.744. The molecular weight excluding hydrogens is 216 g/mol. The minimum absolute atomic E-state index is 0.0178. The van der Waals surface area contributed by atoms with E-state index in [2.05, 4.69) is 16.1 Å². The van der Waals surface area contributed by atoms with Crippen molar-refractivity contribution in [2.24, 2.45) is 0 Å². The van der Waals surface area contributed by atoms with E-state index in [1.807, 2.05) is 31.2 Å². The topological polar surface area (TPSA) is 62.1 Å². The largest absolute Gasteiger partial charge is 0.469 e. The average molecular weight is 232 g/mol. The Morgan fingerprint density at radius 3 is 2.65 bits per heavy atom. The number of carbonyl (C=O) groups excluding carboxylic acids is 1. The predicted octanol–water partition coefficient (Wildman–Crippen LogP) is 2.12. The Balaban J connectivity index is 2.51. The Bertz CT molecular complexity index is 406. The lowest BCUT2D eigenvalue weighted by Crippen LogP contribution is -2.20. The minimum atomic E-state index is -0.230. The molecule has 0 heterocycles. The fourth-order valence-electron chi connectivity index (χ4n) is 1.48. The molecule has 0 saturated heterocycles. The molecule has 1 N–H and O–H groups in total. The predicted molar refractivity (Wildman–Crippen MR) is 65.5 cm³/mol. The van der Waals surface area contributed by atoms with Gasteiger partial charge in [0.1, 0.15) is 0 Å². The number of nitriles is 1. The van der Waals surface area contributed by atoms with E-state index >= 15 is 0 Å². The van der Waals surface area contributed by atoms with E-state index < -0.39 is 0 Å². The molecule has 0 aliphatic rings. The number of nitrogens with one attached hydrogen (secondary N) is 1. The summed E-state index contributed by atoms with van der Waals surface area (Å²) in [6, 6.07) is 9.72. The fourth-order valence-corrected chi connectivity index (χ4v) is 1.48. The number of benzene rings is 1. The van der Waals surface area contributed by atoms with Crippen LogP contribution in [0.15, 0.2) is 24.3 Å². The molecular formula is C13H16N2O2. The van der Waals surface area contributed by atoms with Gasteiger partial charge in [0.15, 0.2) is 0 Å². The van der Waals surface area contributed by atoms with Crippen molar-refractivity contribution in [3.05, 3.63) is 29.8 Å². The highest BCUT2D eigenvalue weighted by atomic mass is 16.5. The van der Waals surface area contributed by atoms with Crippen molar-refractivity contribution in [2.45, 2.75) is 25.8 Å². The van der Waals surface area contributed by atoms with Gasteiger partial charge in [-0.2, -0.15) is 5.26 Å². The first-order chi connectivity index (χ1) is 8.15. The first-order valence-corrected chi connectivity index (χ1v) is 5.45. The second kappa shape index (κ2) is 6.54. The molecule has 0 saturated carbocycles. The van der Waals surface area contributed by atoms with Crippen molar-refractivity contribution in [3.63, 3.8) is 0 Å². The summed E-state index contributed by atoms with van der Waals surface area (Å²) in [4.78, 5) is 11.1. The van der Waals surface area contributed by atoms with E-state index in [4.69, 9.17) is 5.26 Å². The van der Waals surface area contributed by atoms with Crippen molar-refractivity contribution < 1.29 is 9.53 Å². The molecule has 1 atom stereocenters. The monoisotopic (exact) mass is 232 g/mol. The second-order valence-corrected chi connectivity index (χ2v) is 3.86. The highest BCUT2D eigenvalue weighted by molar-refractivity contribution is 5.70. The van der Waals surface area contributed by atoms with E-state index in [0.29, 0.717) is 12.8 Å². The average Bonchev–Trinajstić information content (AvgIpc) is 2.31. The van der Waals surface area contributed by atoms with Gasteiger partial charge in [0.25, 0.3) is 0 Å². The van der Waals surface area contributed by atoms with Crippen LogP contribution in [-0.4, -0.2) is 19.1 Å². The zero-order valence-corrected chi connectivity index (χ0v) is 10.1. The minimum Gasteiger partial charge on any atom is -0.469 e. The third-order valence-corrected chi connectivity index (χ3v) is 2.35. The zero-order chi connectivity index (χ0) is 12.7. The molecule has 4 heteroatoms. The third kappa shape index (κ3) is 4.56. The normalized spacial score (nSPS) is 11.4. The second-order valence-electron chi connectivity index (χ2n) is 3.86. The summed E-state index contributed by atoms with van der Waals surface area (Å²) in [6.45, 7) is 1.92. The van der Waals surface area contributed by atoms with Crippen LogP contribution in [0.5, 0.6) is 0 Å². The molecule has 1 aromatic carbocycles. The molecule has 90 valence electrons. The maximum atomic E-state index is 11.1. The Hall–Kier alpha value is -2.02. The number of anilines is 1. The lowest BCUT2D eigenvalue weighted by atomic mass is 10.1. The Morgan fingerprint density at radius 2 is 2.12 bits per heavy atom.